The van der Waals surface area contributed by atoms with Crippen LogP contribution in [0.5, 0.6) is 0 Å². The summed E-state index contributed by atoms with van der Waals surface area (Å²) in [5, 5.41) is 12.0. The molecule has 1 N–H and O–H groups in total. The van der Waals surface area contributed by atoms with E-state index in [1.807, 2.05) is 6.07 Å². The molecule has 96 valence electrons. The SMILES string of the molecule is Cc1ccc(CCNc2cc(C#N)ncn2)cc1C. The number of aromatic nitrogens is 2. The fourth-order valence-electron chi connectivity index (χ4n) is 1.81. The molecule has 0 aliphatic rings. The minimum absolute atomic E-state index is 0.378. The molecule has 1 aromatic heterocycles. The van der Waals surface area contributed by atoms with Crippen molar-refractivity contribution in [1.82, 2.24) is 9.97 Å². The van der Waals surface area contributed by atoms with Crippen LogP contribution in [0.25, 0.3) is 0 Å². The summed E-state index contributed by atoms with van der Waals surface area (Å²) in [6.07, 6.45) is 2.32. The van der Waals surface area contributed by atoms with Gasteiger partial charge in [0.15, 0.2) is 0 Å². The lowest BCUT2D eigenvalue weighted by Crippen LogP contribution is -2.07. The van der Waals surface area contributed by atoms with E-state index in [-0.39, 0.29) is 0 Å². The normalized spacial score (nSPS) is 9.95. The molecule has 0 bridgehead atoms. The van der Waals surface area contributed by atoms with E-state index in [1.165, 1.54) is 23.0 Å². The Kier molecular flexibility index (Phi) is 4.09. The molecule has 4 heteroatoms. The van der Waals surface area contributed by atoms with Gasteiger partial charge >= 0.3 is 0 Å². The van der Waals surface area contributed by atoms with Crippen LogP contribution in [-0.4, -0.2) is 16.5 Å². The van der Waals surface area contributed by atoms with Crippen molar-refractivity contribution >= 4 is 5.82 Å². The summed E-state index contributed by atoms with van der Waals surface area (Å²) in [5.74, 6) is 0.690. The van der Waals surface area contributed by atoms with Gasteiger partial charge in [0.1, 0.15) is 23.9 Å². The molecule has 2 aromatic rings. The van der Waals surface area contributed by atoms with Crippen molar-refractivity contribution in [2.75, 3.05) is 11.9 Å². The molecule has 0 unspecified atom stereocenters. The molecule has 2 rings (SSSR count). The number of nitrogens with zero attached hydrogens (tertiary/aromatic N) is 3. The third-order valence-electron chi connectivity index (χ3n) is 3.07. The van der Waals surface area contributed by atoms with Crippen LogP contribution in [0.3, 0.4) is 0 Å². The Hall–Kier alpha value is -2.41. The molecule has 1 heterocycles. The molecule has 0 aliphatic carbocycles. The second-order valence-electron chi connectivity index (χ2n) is 4.50. The van der Waals surface area contributed by atoms with Gasteiger partial charge in [-0.2, -0.15) is 5.26 Å². The Bertz CT molecular complexity index is 614. The largest absolute Gasteiger partial charge is 0.370 e. The van der Waals surface area contributed by atoms with Crippen LogP contribution in [0.4, 0.5) is 5.82 Å². The standard InChI is InChI=1S/C15H16N4/c1-11-3-4-13(7-12(11)2)5-6-17-15-8-14(9-16)18-10-19-15/h3-4,7-8,10H,5-6H2,1-2H3,(H,17,18,19). The zero-order chi connectivity index (χ0) is 13.7. The molecule has 0 aliphatic heterocycles. The van der Waals surface area contributed by atoms with Gasteiger partial charge in [-0.25, -0.2) is 9.97 Å². The summed E-state index contributed by atoms with van der Waals surface area (Å²) >= 11 is 0. The molecule has 0 saturated carbocycles. The highest BCUT2D eigenvalue weighted by molar-refractivity contribution is 5.39. The first-order valence-corrected chi connectivity index (χ1v) is 6.21. The molecule has 1 aromatic carbocycles. The molecular weight excluding hydrogens is 236 g/mol. The Balaban J connectivity index is 1.92. The minimum Gasteiger partial charge on any atom is -0.370 e. The van der Waals surface area contributed by atoms with E-state index in [9.17, 15) is 0 Å². The molecule has 0 saturated heterocycles. The number of benzene rings is 1. The Morgan fingerprint density at radius 2 is 2.00 bits per heavy atom. The van der Waals surface area contributed by atoms with E-state index in [2.05, 4.69) is 47.3 Å². The van der Waals surface area contributed by atoms with Gasteiger partial charge in [-0.3, -0.25) is 0 Å². The number of hydrogen-bond acceptors (Lipinski definition) is 4. The van der Waals surface area contributed by atoms with Crippen LogP contribution in [0.15, 0.2) is 30.6 Å². The summed E-state index contributed by atoms with van der Waals surface area (Å²) < 4.78 is 0. The molecule has 0 fully saturated rings. The maximum atomic E-state index is 8.75. The van der Waals surface area contributed by atoms with Gasteiger partial charge in [-0.1, -0.05) is 18.2 Å². The zero-order valence-corrected chi connectivity index (χ0v) is 11.1. The third kappa shape index (κ3) is 3.52. The smallest absolute Gasteiger partial charge is 0.145 e. The van der Waals surface area contributed by atoms with Gasteiger partial charge < -0.3 is 5.32 Å². The number of anilines is 1. The molecule has 0 atom stereocenters. The zero-order valence-electron chi connectivity index (χ0n) is 11.1. The first kappa shape index (κ1) is 13.0. The van der Waals surface area contributed by atoms with Gasteiger partial charge in [-0.15, -0.1) is 0 Å². The maximum Gasteiger partial charge on any atom is 0.145 e. The van der Waals surface area contributed by atoms with Crippen molar-refractivity contribution in [2.24, 2.45) is 0 Å². The average Bonchev–Trinajstić information content (AvgIpc) is 2.43. The van der Waals surface area contributed by atoms with Crippen LogP contribution in [0.2, 0.25) is 0 Å². The fourth-order valence-corrected chi connectivity index (χ4v) is 1.81. The summed E-state index contributed by atoms with van der Waals surface area (Å²) in [6.45, 7) is 5.02. The van der Waals surface area contributed by atoms with Crippen LogP contribution < -0.4 is 5.32 Å². The average molecular weight is 252 g/mol. The lowest BCUT2D eigenvalue weighted by Gasteiger charge is -2.07. The lowest BCUT2D eigenvalue weighted by atomic mass is 10.0. The highest BCUT2D eigenvalue weighted by atomic mass is 15.0. The van der Waals surface area contributed by atoms with Gasteiger partial charge in [0.2, 0.25) is 0 Å². The quantitative estimate of drug-likeness (QED) is 0.908. The van der Waals surface area contributed by atoms with Crippen LogP contribution >= 0.6 is 0 Å². The predicted octanol–water partition coefficient (Wildman–Crippen LogP) is 2.62. The van der Waals surface area contributed by atoms with Gasteiger partial charge in [-0.05, 0) is 37.0 Å². The second kappa shape index (κ2) is 5.96. The van der Waals surface area contributed by atoms with Crippen LogP contribution in [-0.2, 0) is 6.42 Å². The molecule has 19 heavy (non-hydrogen) atoms. The van der Waals surface area contributed by atoms with Crippen LogP contribution in [0.1, 0.15) is 22.4 Å². The maximum absolute atomic E-state index is 8.75. The summed E-state index contributed by atoms with van der Waals surface area (Å²) in [4.78, 5) is 7.91. The molecule has 0 radical (unpaired) electrons. The van der Waals surface area contributed by atoms with E-state index in [0.717, 1.165) is 13.0 Å². The molecule has 0 amide bonds. The number of nitriles is 1. The highest BCUT2D eigenvalue weighted by Gasteiger charge is 1.99. The molecule has 0 spiro atoms. The van der Waals surface area contributed by atoms with Crippen molar-refractivity contribution in [1.29, 1.82) is 5.26 Å². The van der Waals surface area contributed by atoms with Gasteiger partial charge in [0.05, 0.1) is 0 Å². The van der Waals surface area contributed by atoms with Crippen molar-refractivity contribution in [3.8, 4) is 6.07 Å². The second-order valence-corrected chi connectivity index (χ2v) is 4.50. The minimum atomic E-state index is 0.378. The van der Waals surface area contributed by atoms with E-state index in [1.54, 1.807) is 6.07 Å². The van der Waals surface area contributed by atoms with E-state index < -0.39 is 0 Å². The number of rotatable bonds is 4. The summed E-state index contributed by atoms with van der Waals surface area (Å²) in [6, 6.07) is 10.1. The van der Waals surface area contributed by atoms with Crippen LogP contribution in [0, 0.1) is 25.2 Å². The first-order chi connectivity index (χ1) is 9.19. The molecular formula is C15H16N4. The highest BCUT2D eigenvalue weighted by Crippen LogP contribution is 2.10. The summed E-state index contributed by atoms with van der Waals surface area (Å²) in [7, 11) is 0. The summed E-state index contributed by atoms with van der Waals surface area (Å²) in [5.41, 5.74) is 4.30. The van der Waals surface area contributed by atoms with Crippen molar-refractivity contribution < 1.29 is 0 Å². The van der Waals surface area contributed by atoms with Crippen molar-refractivity contribution in [3.63, 3.8) is 0 Å². The van der Waals surface area contributed by atoms with E-state index in [4.69, 9.17) is 5.26 Å². The van der Waals surface area contributed by atoms with E-state index >= 15 is 0 Å². The Labute approximate surface area is 113 Å². The van der Waals surface area contributed by atoms with Gasteiger partial charge in [0.25, 0.3) is 0 Å². The number of nitrogens with one attached hydrogen (secondary N) is 1. The topological polar surface area (TPSA) is 61.6 Å². The first-order valence-electron chi connectivity index (χ1n) is 6.21. The third-order valence-corrected chi connectivity index (χ3v) is 3.07. The van der Waals surface area contributed by atoms with Gasteiger partial charge in [0, 0.05) is 12.6 Å². The Morgan fingerprint density at radius 3 is 2.74 bits per heavy atom. The number of aryl methyl sites for hydroxylation is 2. The monoisotopic (exact) mass is 252 g/mol. The van der Waals surface area contributed by atoms with E-state index in [0.29, 0.717) is 11.5 Å². The number of hydrogen-bond donors (Lipinski definition) is 1. The predicted molar refractivity (Wildman–Crippen MR) is 74.9 cm³/mol. The van der Waals surface area contributed by atoms with Crippen molar-refractivity contribution in [2.45, 2.75) is 20.3 Å². The fraction of sp³-hybridized carbons (Fsp3) is 0.267. The Morgan fingerprint density at radius 1 is 1.16 bits per heavy atom. The van der Waals surface area contributed by atoms with Crippen molar-refractivity contribution in [3.05, 3.63) is 53.0 Å². The molecule has 4 nitrogen and oxygen atoms in total. The lowest BCUT2D eigenvalue weighted by molar-refractivity contribution is 0.993.